The molecule has 0 bridgehead atoms. The second kappa shape index (κ2) is 4.70. The van der Waals surface area contributed by atoms with Crippen LogP contribution in [0.1, 0.15) is 18.0 Å². The molecule has 0 fully saturated rings. The summed E-state index contributed by atoms with van der Waals surface area (Å²) in [6.45, 7) is 2.00. The molecule has 3 nitrogen and oxygen atoms in total. The van der Waals surface area contributed by atoms with E-state index in [1.165, 1.54) is 6.07 Å². The lowest BCUT2D eigenvalue weighted by molar-refractivity contribution is 0.628. The van der Waals surface area contributed by atoms with Gasteiger partial charge in [0.05, 0.1) is 22.1 Å². The van der Waals surface area contributed by atoms with Crippen molar-refractivity contribution in [3.05, 3.63) is 44.3 Å². The first-order chi connectivity index (χ1) is 9.08. The molecule has 1 aromatic carbocycles. The number of nitrogens with one attached hydrogen (secondary N) is 1. The number of halogens is 2. The Kier molecular flexibility index (Phi) is 3.16. The van der Waals surface area contributed by atoms with Gasteiger partial charge in [0.1, 0.15) is 10.8 Å². The molecule has 1 N–H and O–H groups in total. The average molecular weight is 314 g/mol. The molecule has 0 spiro atoms. The van der Waals surface area contributed by atoms with Crippen LogP contribution < -0.4 is 0 Å². The number of benzene rings is 1. The van der Waals surface area contributed by atoms with Crippen LogP contribution in [0.15, 0.2) is 23.7 Å². The number of hydrogen-bond acceptors (Lipinski definition) is 3. The summed E-state index contributed by atoms with van der Waals surface area (Å²) in [6.07, 6.45) is 1.75. The van der Waals surface area contributed by atoms with Crippen LogP contribution in [0.4, 0.5) is 4.39 Å². The first kappa shape index (κ1) is 12.8. The van der Waals surface area contributed by atoms with Gasteiger partial charge in [-0.15, -0.1) is 11.3 Å². The minimum Gasteiger partial charge on any atom is -0.330 e. The number of aromatic nitrogens is 3. The molecule has 0 aliphatic carbocycles. The van der Waals surface area contributed by atoms with Crippen LogP contribution in [0.3, 0.4) is 0 Å². The van der Waals surface area contributed by atoms with Crippen LogP contribution in [0, 0.1) is 10.6 Å². The molecule has 0 radical (unpaired) electrons. The zero-order chi connectivity index (χ0) is 13.6. The monoisotopic (exact) mass is 313 g/mol. The zero-order valence-corrected chi connectivity index (χ0v) is 12.2. The number of hydrogen-bond donors (Lipinski definition) is 1. The lowest BCUT2D eigenvalue weighted by atomic mass is 10.2. The van der Waals surface area contributed by atoms with Crippen LogP contribution in [-0.2, 0) is 0 Å². The Balaban J connectivity index is 2.26. The summed E-state index contributed by atoms with van der Waals surface area (Å²) in [5.41, 5.74) is 1.41. The lowest BCUT2D eigenvalue weighted by Gasteiger charge is -2.11. The highest BCUT2D eigenvalue weighted by Gasteiger charge is 2.16. The first-order valence-electron chi connectivity index (χ1n) is 5.56. The second-order valence-electron chi connectivity index (χ2n) is 4.13. The van der Waals surface area contributed by atoms with Gasteiger partial charge in [-0.2, -0.15) is 0 Å². The van der Waals surface area contributed by atoms with Crippen molar-refractivity contribution in [3.8, 4) is 0 Å². The van der Waals surface area contributed by atoms with Gasteiger partial charge in [-0.1, -0.05) is 11.6 Å². The third kappa shape index (κ3) is 2.09. The van der Waals surface area contributed by atoms with Gasteiger partial charge in [0.15, 0.2) is 4.77 Å². The number of rotatable bonds is 2. The fourth-order valence-corrected chi connectivity index (χ4v) is 3.27. The van der Waals surface area contributed by atoms with Crippen molar-refractivity contribution in [2.45, 2.75) is 13.0 Å². The molecule has 1 atom stereocenters. The van der Waals surface area contributed by atoms with Crippen LogP contribution in [0.5, 0.6) is 0 Å². The molecule has 19 heavy (non-hydrogen) atoms. The smallest absolute Gasteiger partial charge is 0.178 e. The Morgan fingerprint density at radius 2 is 2.32 bits per heavy atom. The summed E-state index contributed by atoms with van der Waals surface area (Å²) in [7, 11) is 0. The van der Waals surface area contributed by atoms with E-state index >= 15 is 0 Å². The van der Waals surface area contributed by atoms with E-state index < -0.39 is 5.82 Å². The number of aromatic amines is 1. The minimum absolute atomic E-state index is 0.0252. The summed E-state index contributed by atoms with van der Waals surface area (Å²) < 4.78 is 15.9. The predicted octanol–water partition coefficient (Wildman–Crippen LogP) is 4.56. The van der Waals surface area contributed by atoms with Crippen molar-refractivity contribution >= 4 is 46.2 Å². The fraction of sp³-hybridized carbons (Fsp3) is 0.167. The summed E-state index contributed by atoms with van der Waals surface area (Å²) in [5.74, 6) is -0.459. The quantitative estimate of drug-likeness (QED) is 0.704. The SMILES string of the molecule is CC(c1nccs1)n1c(=S)[nH]c2cc(F)c(Cl)cc21. The van der Waals surface area contributed by atoms with Crippen molar-refractivity contribution in [2.75, 3.05) is 0 Å². The van der Waals surface area contributed by atoms with Crippen LogP contribution in [0.25, 0.3) is 11.0 Å². The van der Waals surface area contributed by atoms with Crippen molar-refractivity contribution in [3.63, 3.8) is 0 Å². The van der Waals surface area contributed by atoms with Gasteiger partial charge >= 0.3 is 0 Å². The highest BCUT2D eigenvalue weighted by atomic mass is 35.5. The van der Waals surface area contributed by atoms with Gasteiger partial charge in [0.2, 0.25) is 0 Å². The zero-order valence-electron chi connectivity index (χ0n) is 9.85. The number of imidazole rings is 1. The van der Waals surface area contributed by atoms with E-state index in [4.69, 9.17) is 23.8 Å². The molecule has 0 aliphatic rings. The maximum atomic E-state index is 13.5. The number of nitrogens with zero attached hydrogens (tertiary/aromatic N) is 2. The van der Waals surface area contributed by atoms with Crippen molar-refractivity contribution in [2.24, 2.45) is 0 Å². The molecular weight excluding hydrogens is 305 g/mol. The van der Waals surface area contributed by atoms with Crippen LogP contribution in [-0.4, -0.2) is 14.5 Å². The normalized spacial score (nSPS) is 13.0. The average Bonchev–Trinajstić information content (AvgIpc) is 2.97. The molecule has 0 saturated heterocycles. The summed E-state index contributed by atoms with van der Waals surface area (Å²) in [6, 6.07) is 2.92. The Morgan fingerprint density at radius 3 is 3.00 bits per heavy atom. The van der Waals surface area contributed by atoms with Gasteiger partial charge in [-0.05, 0) is 25.2 Å². The predicted molar refractivity (Wildman–Crippen MR) is 78.0 cm³/mol. The molecule has 0 saturated carbocycles. The molecule has 7 heteroatoms. The number of fused-ring (bicyclic) bond motifs is 1. The number of H-pyrrole nitrogens is 1. The van der Waals surface area contributed by atoms with Gasteiger partial charge in [0.25, 0.3) is 0 Å². The maximum Gasteiger partial charge on any atom is 0.178 e. The Hall–Kier alpha value is -1.24. The standard InChI is InChI=1S/C12H9ClFN3S2/c1-6(11-15-2-3-19-11)17-10-4-7(13)8(14)5-9(10)16-12(17)18/h2-6H,1H3,(H,16,18). The molecule has 2 aromatic heterocycles. The molecule has 2 heterocycles. The summed E-state index contributed by atoms with van der Waals surface area (Å²) in [5, 5.41) is 2.94. The van der Waals surface area contributed by atoms with Gasteiger partial charge < -0.3 is 9.55 Å². The molecule has 1 unspecified atom stereocenters. The van der Waals surface area contributed by atoms with Crippen molar-refractivity contribution in [1.29, 1.82) is 0 Å². The van der Waals surface area contributed by atoms with E-state index in [-0.39, 0.29) is 11.1 Å². The minimum atomic E-state index is -0.459. The molecule has 98 valence electrons. The Morgan fingerprint density at radius 1 is 1.53 bits per heavy atom. The summed E-state index contributed by atoms with van der Waals surface area (Å²) >= 11 is 12.7. The van der Waals surface area contributed by atoms with E-state index in [1.54, 1.807) is 23.6 Å². The molecule has 0 aliphatic heterocycles. The van der Waals surface area contributed by atoms with E-state index in [1.807, 2.05) is 16.9 Å². The fourth-order valence-electron chi connectivity index (χ4n) is 2.06. The van der Waals surface area contributed by atoms with Crippen molar-refractivity contribution in [1.82, 2.24) is 14.5 Å². The second-order valence-corrected chi connectivity index (χ2v) is 5.85. The molecular formula is C12H9ClFN3S2. The third-order valence-electron chi connectivity index (χ3n) is 2.95. The van der Waals surface area contributed by atoms with Gasteiger partial charge in [-0.25, -0.2) is 9.37 Å². The molecule has 3 aromatic rings. The molecule has 0 amide bonds. The molecule has 3 rings (SSSR count). The summed E-state index contributed by atoms with van der Waals surface area (Å²) in [4.78, 5) is 7.28. The van der Waals surface area contributed by atoms with Crippen LogP contribution >= 0.6 is 35.2 Å². The van der Waals surface area contributed by atoms with E-state index in [2.05, 4.69) is 9.97 Å². The maximum absolute atomic E-state index is 13.5. The highest BCUT2D eigenvalue weighted by Crippen LogP contribution is 2.28. The van der Waals surface area contributed by atoms with E-state index in [0.29, 0.717) is 10.3 Å². The largest absolute Gasteiger partial charge is 0.330 e. The first-order valence-corrected chi connectivity index (χ1v) is 7.23. The Bertz CT molecular complexity index is 791. The van der Waals surface area contributed by atoms with Crippen LogP contribution in [0.2, 0.25) is 5.02 Å². The Labute approximate surface area is 122 Å². The topological polar surface area (TPSA) is 33.6 Å². The lowest BCUT2D eigenvalue weighted by Crippen LogP contribution is -2.06. The van der Waals surface area contributed by atoms with Gasteiger partial charge in [-0.3, -0.25) is 0 Å². The van der Waals surface area contributed by atoms with Gasteiger partial charge in [0, 0.05) is 17.6 Å². The highest BCUT2D eigenvalue weighted by molar-refractivity contribution is 7.71. The number of thiazole rings is 1. The van der Waals surface area contributed by atoms with Crippen molar-refractivity contribution < 1.29 is 4.39 Å². The van der Waals surface area contributed by atoms with E-state index in [9.17, 15) is 4.39 Å². The third-order valence-corrected chi connectivity index (χ3v) is 4.49. The van der Waals surface area contributed by atoms with E-state index in [0.717, 1.165) is 10.5 Å².